The summed E-state index contributed by atoms with van der Waals surface area (Å²) < 4.78 is 16.8. The lowest BCUT2D eigenvalue weighted by atomic mass is 10.1. The highest BCUT2D eigenvalue weighted by Crippen LogP contribution is 2.33. The van der Waals surface area contributed by atoms with Gasteiger partial charge in [-0.05, 0) is 19.4 Å². The van der Waals surface area contributed by atoms with Gasteiger partial charge in [0.25, 0.3) is 0 Å². The molecule has 18 heavy (non-hydrogen) atoms. The van der Waals surface area contributed by atoms with E-state index >= 15 is 0 Å². The first kappa shape index (κ1) is 13.5. The molecule has 0 aliphatic carbocycles. The van der Waals surface area contributed by atoms with Crippen LogP contribution < -0.4 is 9.47 Å². The molecule has 1 aliphatic heterocycles. The van der Waals surface area contributed by atoms with Crippen molar-refractivity contribution in [3.05, 3.63) is 23.8 Å². The zero-order chi connectivity index (χ0) is 12.8. The Balaban J connectivity index is 2.07. The Labute approximate surface area is 113 Å². The van der Waals surface area contributed by atoms with Gasteiger partial charge in [-0.25, -0.2) is 0 Å². The summed E-state index contributed by atoms with van der Waals surface area (Å²) in [6, 6.07) is 5.82. The van der Waals surface area contributed by atoms with E-state index in [1.54, 1.807) is 0 Å². The van der Waals surface area contributed by atoms with Crippen molar-refractivity contribution in [2.24, 2.45) is 5.92 Å². The van der Waals surface area contributed by atoms with Crippen molar-refractivity contribution in [1.82, 2.24) is 0 Å². The molecule has 0 bridgehead atoms. The monoisotopic (exact) mass is 270 g/mol. The highest BCUT2D eigenvalue weighted by atomic mass is 35.5. The molecule has 3 nitrogen and oxygen atoms in total. The topological polar surface area (TPSA) is 27.7 Å². The van der Waals surface area contributed by atoms with E-state index in [1.807, 2.05) is 25.1 Å². The summed E-state index contributed by atoms with van der Waals surface area (Å²) in [7, 11) is 0. The third kappa shape index (κ3) is 3.30. The second-order valence-electron chi connectivity index (χ2n) is 4.35. The van der Waals surface area contributed by atoms with Crippen LogP contribution in [0.15, 0.2) is 18.2 Å². The van der Waals surface area contributed by atoms with Crippen LogP contribution in [-0.4, -0.2) is 26.4 Å². The first-order chi connectivity index (χ1) is 8.85. The van der Waals surface area contributed by atoms with Crippen LogP contribution in [0.1, 0.15) is 18.9 Å². The van der Waals surface area contributed by atoms with Gasteiger partial charge in [0.15, 0.2) is 11.5 Å². The molecule has 1 atom stereocenters. The first-order valence-electron chi connectivity index (χ1n) is 6.36. The standard InChI is InChI=1S/C14H19ClO3/c1-2-17-13-5-3-4-12(8-15)14(13)18-10-11-6-7-16-9-11/h3-5,11H,2,6-10H2,1H3. The van der Waals surface area contributed by atoms with Crippen LogP contribution in [0.25, 0.3) is 0 Å². The minimum Gasteiger partial charge on any atom is -0.490 e. The van der Waals surface area contributed by atoms with Gasteiger partial charge >= 0.3 is 0 Å². The summed E-state index contributed by atoms with van der Waals surface area (Å²) in [6.45, 7) is 4.86. The van der Waals surface area contributed by atoms with Crippen molar-refractivity contribution in [3.8, 4) is 11.5 Å². The van der Waals surface area contributed by atoms with Crippen molar-refractivity contribution in [3.63, 3.8) is 0 Å². The van der Waals surface area contributed by atoms with E-state index in [0.717, 1.165) is 36.7 Å². The average Bonchev–Trinajstić information content (AvgIpc) is 2.90. The summed E-state index contributed by atoms with van der Waals surface area (Å²) >= 11 is 5.94. The quantitative estimate of drug-likeness (QED) is 0.743. The molecule has 1 unspecified atom stereocenters. The lowest BCUT2D eigenvalue weighted by Crippen LogP contribution is -2.13. The number of alkyl halides is 1. The van der Waals surface area contributed by atoms with Crippen molar-refractivity contribution in [1.29, 1.82) is 0 Å². The van der Waals surface area contributed by atoms with Crippen molar-refractivity contribution >= 4 is 11.6 Å². The summed E-state index contributed by atoms with van der Waals surface area (Å²) in [5.41, 5.74) is 0.974. The van der Waals surface area contributed by atoms with Crippen molar-refractivity contribution < 1.29 is 14.2 Å². The number of halogens is 1. The molecule has 4 heteroatoms. The minimum absolute atomic E-state index is 0.428. The van der Waals surface area contributed by atoms with Crippen LogP contribution >= 0.6 is 11.6 Å². The Morgan fingerprint density at radius 3 is 2.94 bits per heavy atom. The zero-order valence-corrected chi connectivity index (χ0v) is 11.4. The summed E-state index contributed by atoms with van der Waals surface area (Å²) in [5.74, 6) is 2.45. The van der Waals surface area contributed by atoms with Crippen LogP contribution in [0.5, 0.6) is 11.5 Å². The van der Waals surface area contributed by atoms with Gasteiger partial charge in [-0.15, -0.1) is 11.6 Å². The number of benzene rings is 1. The van der Waals surface area contributed by atoms with E-state index < -0.39 is 0 Å². The van der Waals surface area contributed by atoms with Crippen LogP contribution in [0.4, 0.5) is 0 Å². The van der Waals surface area contributed by atoms with E-state index in [1.165, 1.54) is 0 Å². The summed E-state index contributed by atoms with van der Waals surface area (Å²) in [4.78, 5) is 0. The van der Waals surface area contributed by atoms with Crippen LogP contribution in [-0.2, 0) is 10.6 Å². The molecule has 0 amide bonds. The molecule has 0 aromatic heterocycles. The maximum absolute atomic E-state index is 5.94. The number of para-hydroxylation sites is 1. The summed E-state index contributed by atoms with van der Waals surface area (Å²) in [6.07, 6.45) is 1.06. The number of hydrogen-bond donors (Lipinski definition) is 0. The van der Waals surface area contributed by atoms with E-state index in [2.05, 4.69) is 0 Å². The van der Waals surface area contributed by atoms with Crippen LogP contribution in [0, 0.1) is 5.92 Å². The fourth-order valence-electron chi connectivity index (χ4n) is 2.02. The Bertz CT molecular complexity index is 375. The molecule has 1 aromatic carbocycles. The molecule has 0 N–H and O–H groups in total. The number of ether oxygens (including phenoxy) is 3. The molecule has 1 aromatic rings. The molecule has 2 rings (SSSR count). The molecule has 0 radical (unpaired) electrons. The molecule has 1 aliphatic rings. The molecule has 1 saturated heterocycles. The fourth-order valence-corrected chi connectivity index (χ4v) is 2.23. The maximum Gasteiger partial charge on any atom is 0.165 e. The van der Waals surface area contributed by atoms with Gasteiger partial charge in [0.2, 0.25) is 0 Å². The summed E-state index contributed by atoms with van der Waals surface area (Å²) in [5, 5.41) is 0. The van der Waals surface area contributed by atoms with E-state index in [4.69, 9.17) is 25.8 Å². The lowest BCUT2D eigenvalue weighted by Gasteiger charge is -2.16. The van der Waals surface area contributed by atoms with Gasteiger partial charge in [-0.1, -0.05) is 12.1 Å². The molecule has 0 saturated carbocycles. The van der Waals surface area contributed by atoms with Crippen LogP contribution in [0.3, 0.4) is 0 Å². The predicted octanol–water partition coefficient (Wildman–Crippen LogP) is 3.24. The smallest absolute Gasteiger partial charge is 0.165 e. The third-order valence-corrected chi connectivity index (χ3v) is 3.28. The molecule has 1 fully saturated rings. The third-order valence-electron chi connectivity index (χ3n) is 2.99. The Hall–Kier alpha value is -0.930. The van der Waals surface area contributed by atoms with Crippen molar-refractivity contribution in [2.75, 3.05) is 26.4 Å². The number of rotatable bonds is 6. The van der Waals surface area contributed by atoms with Gasteiger partial charge < -0.3 is 14.2 Å². The Morgan fingerprint density at radius 1 is 1.39 bits per heavy atom. The Morgan fingerprint density at radius 2 is 2.28 bits per heavy atom. The second-order valence-corrected chi connectivity index (χ2v) is 4.62. The van der Waals surface area contributed by atoms with E-state index in [0.29, 0.717) is 25.0 Å². The van der Waals surface area contributed by atoms with Crippen LogP contribution in [0.2, 0.25) is 0 Å². The fraction of sp³-hybridized carbons (Fsp3) is 0.571. The molecule has 0 spiro atoms. The van der Waals surface area contributed by atoms with Gasteiger partial charge in [0, 0.05) is 18.1 Å². The van der Waals surface area contributed by atoms with Gasteiger partial charge in [-0.3, -0.25) is 0 Å². The highest BCUT2D eigenvalue weighted by molar-refractivity contribution is 6.17. The molecule has 1 heterocycles. The Kier molecular flexibility index (Phi) is 5.14. The molecular formula is C14H19ClO3. The minimum atomic E-state index is 0.428. The maximum atomic E-state index is 5.94. The van der Waals surface area contributed by atoms with Gasteiger partial charge in [0.1, 0.15) is 0 Å². The van der Waals surface area contributed by atoms with Crippen molar-refractivity contribution in [2.45, 2.75) is 19.2 Å². The normalized spacial score (nSPS) is 18.9. The SMILES string of the molecule is CCOc1cccc(CCl)c1OCC1CCOC1. The first-order valence-corrected chi connectivity index (χ1v) is 6.89. The predicted molar refractivity (Wildman–Crippen MR) is 71.6 cm³/mol. The second kappa shape index (κ2) is 6.86. The molecular weight excluding hydrogens is 252 g/mol. The van der Waals surface area contributed by atoms with Gasteiger partial charge in [-0.2, -0.15) is 0 Å². The number of hydrogen-bond acceptors (Lipinski definition) is 3. The average molecular weight is 271 g/mol. The highest BCUT2D eigenvalue weighted by Gasteiger charge is 2.18. The largest absolute Gasteiger partial charge is 0.490 e. The lowest BCUT2D eigenvalue weighted by molar-refractivity contribution is 0.164. The van der Waals surface area contributed by atoms with E-state index in [-0.39, 0.29) is 0 Å². The zero-order valence-electron chi connectivity index (χ0n) is 10.7. The van der Waals surface area contributed by atoms with E-state index in [9.17, 15) is 0 Å². The van der Waals surface area contributed by atoms with Gasteiger partial charge in [0.05, 0.1) is 25.7 Å². The molecule has 100 valence electrons.